The molecular formula is C33H34O9. The van der Waals surface area contributed by atoms with Crippen molar-refractivity contribution in [2.45, 2.75) is 37.5 Å². The van der Waals surface area contributed by atoms with Crippen LogP contribution in [0, 0.1) is 0 Å². The van der Waals surface area contributed by atoms with E-state index in [1.54, 1.807) is 26.4 Å². The molecule has 4 rings (SSSR count). The molecule has 4 aromatic carbocycles. The van der Waals surface area contributed by atoms with Gasteiger partial charge in [0, 0.05) is 23.0 Å². The van der Waals surface area contributed by atoms with Crippen LogP contribution in [0.25, 0.3) is 0 Å². The Morgan fingerprint density at radius 2 is 0.952 bits per heavy atom. The Morgan fingerprint density at radius 3 is 1.33 bits per heavy atom. The minimum Gasteiger partial charge on any atom is -0.504 e. The Bertz CT molecular complexity index is 1450. The van der Waals surface area contributed by atoms with Crippen LogP contribution in [-0.2, 0) is 17.6 Å². The van der Waals surface area contributed by atoms with E-state index in [0.29, 0.717) is 24.3 Å². The van der Waals surface area contributed by atoms with Crippen molar-refractivity contribution in [2.75, 3.05) is 14.2 Å². The molecule has 0 saturated carbocycles. The summed E-state index contributed by atoms with van der Waals surface area (Å²) >= 11 is 0. The van der Waals surface area contributed by atoms with Crippen molar-refractivity contribution in [1.29, 1.82) is 0 Å². The number of ketones is 1. The van der Waals surface area contributed by atoms with Crippen LogP contribution in [0.4, 0.5) is 0 Å². The smallest absolute Gasteiger partial charge is 0.200 e. The Labute approximate surface area is 243 Å². The summed E-state index contributed by atoms with van der Waals surface area (Å²) in [6.45, 7) is 0. The average molecular weight is 575 g/mol. The molecule has 0 radical (unpaired) electrons. The molecule has 9 nitrogen and oxygen atoms in total. The zero-order chi connectivity index (χ0) is 30.4. The van der Waals surface area contributed by atoms with Crippen LogP contribution >= 0.6 is 0 Å². The van der Waals surface area contributed by atoms with Gasteiger partial charge in [-0.2, -0.15) is 0 Å². The lowest BCUT2D eigenvalue weighted by Gasteiger charge is -2.26. The van der Waals surface area contributed by atoms with Gasteiger partial charge in [-0.1, -0.05) is 48.5 Å². The molecule has 0 bridgehead atoms. The number of phenolic OH excluding ortho intramolecular Hbond substituents is 6. The van der Waals surface area contributed by atoms with Gasteiger partial charge in [-0.05, 0) is 61.1 Å². The van der Waals surface area contributed by atoms with Crippen molar-refractivity contribution in [3.8, 4) is 46.0 Å². The number of aromatic hydroxyl groups is 6. The number of hydrogen-bond donors (Lipinski definition) is 6. The SMILES string of the molecule is COc1ccccc1CCC(C(=O)C(CCc1ccccc1OC)c1ccc(O)c(O)c1O)c1ccc(O)c(O)c1O. The molecule has 0 aromatic heterocycles. The summed E-state index contributed by atoms with van der Waals surface area (Å²) in [7, 11) is 3.08. The molecule has 0 heterocycles. The lowest BCUT2D eigenvalue weighted by molar-refractivity contribution is -0.122. The van der Waals surface area contributed by atoms with Gasteiger partial charge in [0.2, 0.25) is 11.5 Å². The molecule has 9 heteroatoms. The highest BCUT2D eigenvalue weighted by Crippen LogP contribution is 2.47. The third-order valence-corrected chi connectivity index (χ3v) is 7.55. The maximum absolute atomic E-state index is 14.5. The third-order valence-electron chi connectivity index (χ3n) is 7.55. The van der Waals surface area contributed by atoms with Gasteiger partial charge in [-0.25, -0.2) is 0 Å². The summed E-state index contributed by atoms with van der Waals surface area (Å²) in [5, 5.41) is 62.2. The van der Waals surface area contributed by atoms with Gasteiger partial charge in [0.15, 0.2) is 23.0 Å². The van der Waals surface area contributed by atoms with Crippen LogP contribution in [0.15, 0.2) is 72.8 Å². The second kappa shape index (κ2) is 13.1. The summed E-state index contributed by atoms with van der Waals surface area (Å²) in [5.74, 6) is -5.05. The number of benzene rings is 4. The minimum atomic E-state index is -1.01. The molecule has 2 atom stereocenters. The normalized spacial score (nSPS) is 12.4. The number of rotatable bonds is 12. The average Bonchev–Trinajstić information content (AvgIpc) is 3.01. The first kappa shape index (κ1) is 29.9. The van der Waals surface area contributed by atoms with E-state index < -0.39 is 52.1 Å². The fraction of sp³-hybridized carbons (Fsp3) is 0.242. The van der Waals surface area contributed by atoms with Crippen molar-refractivity contribution >= 4 is 5.78 Å². The summed E-state index contributed by atoms with van der Waals surface area (Å²) in [5.41, 5.74) is 1.82. The van der Waals surface area contributed by atoms with Crippen LogP contribution in [0.5, 0.6) is 46.0 Å². The number of methoxy groups -OCH3 is 2. The Hall–Kier alpha value is -5.05. The van der Waals surface area contributed by atoms with Crippen molar-refractivity contribution in [3.05, 3.63) is 95.1 Å². The molecule has 4 aromatic rings. The third kappa shape index (κ3) is 6.15. The molecule has 0 saturated heterocycles. The topological polar surface area (TPSA) is 157 Å². The van der Waals surface area contributed by atoms with E-state index in [9.17, 15) is 35.4 Å². The van der Waals surface area contributed by atoms with Gasteiger partial charge < -0.3 is 40.1 Å². The quantitative estimate of drug-likeness (QED) is 0.118. The lowest BCUT2D eigenvalue weighted by Crippen LogP contribution is -2.23. The van der Waals surface area contributed by atoms with Gasteiger partial charge in [-0.3, -0.25) is 4.79 Å². The van der Waals surface area contributed by atoms with E-state index in [-0.39, 0.29) is 24.0 Å². The van der Waals surface area contributed by atoms with E-state index >= 15 is 0 Å². The fourth-order valence-electron chi connectivity index (χ4n) is 5.30. The van der Waals surface area contributed by atoms with E-state index in [4.69, 9.17) is 9.47 Å². The fourth-order valence-corrected chi connectivity index (χ4v) is 5.30. The Balaban J connectivity index is 1.80. The number of ether oxygens (including phenoxy) is 2. The molecule has 0 fully saturated rings. The molecule has 6 N–H and O–H groups in total. The van der Waals surface area contributed by atoms with Crippen LogP contribution in [-0.4, -0.2) is 50.6 Å². The summed E-state index contributed by atoms with van der Waals surface area (Å²) in [6.07, 6.45) is 1.06. The van der Waals surface area contributed by atoms with Crippen LogP contribution < -0.4 is 9.47 Å². The predicted molar refractivity (Wildman–Crippen MR) is 156 cm³/mol. The molecule has 0 aliphatic heterocycles. The molecule has 0 aliphatic rings. The minimum absolute atomic E-state index is 0.0926. The zero-order valence-electron chi connectivity index (χ0n) is 23.3. The van der Waals surface area contributed by atoms with Crippen LogP contribution in [0.2, 0.25) is 0 Å². The summed E-state index contributed by atoms with van der Waals surface area (Å²) < 4.78 is 10.9. The summed E-state index contributed by atoms with van der Waals surface area (Å²) in [4.78, 5) is 14.5. The van der Waals surface area contributed by atoms with Crippen molar-refractivity contribution in [2.24, 2.45) is 0 Å². The number of Topliss-reactive ketones (excluding diaryl/α,β-unsaturated/α-hetero) is 1. The monoisotopic (exact) mass is 574 g/mol. The lowest BCUT2D eigenvalue weighted by atomic mass is 9.77. The maximum atomic E-state index is 14.5. The Morgan fingerprint density at radius 1 is 0.571 bits per heavy atom. The number of phenols is 6. The van der Waals surface area contributed by atoms with E-state index in [2.05, 4.69) is 0 Å². The van der Waals surface area contributed by atoms with E-state index in [0.717, 1.165) is 11.1 Å². The highest BCUT2D eigenvalue weighted by Gasteiger charge is 2.34. The van der Waals surface area contributed by atoms with Crippen LogP contribution in [0.3, 0.4) is 0 Å². The zero-order valence-corrected chi connectivity index (χ0v) is 23.3. The molecule has 0 spiro atoms. The maximum Gasteiger partial charge on any atom is 0.200 e. The number of aryl methyl sites for hydroxylation is 2. The second-order valence-corrected chi connectivity index (χ2v) is 9.95. The number of carbonyl (C=O) groups is 1. The molecule has 2 unspecified atom stereocenters. The predicted octanol–water partition coefficient (Wildman–Crippen LogP) is 5.64. The molecule has 220 valence electrons. The van der Waals surface area contributed by atoms with Crippen molar-refractivity contribution in [3.63, 3.8) is 0 Å². The molecule has 0 aliphatic carbocycles. The standard InChI is InChI=1S/C33H34O9/c1-41-27-9-5-3-7-19(27)11-13-21(23-15-17-25(34)32(39)30(23)37)29(36)22(24-16-18-26(35)33(40)31(24)38)14-12-20-8-4-6-10-28(20)42-2/h3-10,15-18,21-22,34-35,37-40H,11-14H2,1-2H3. The van der Waals surface area contributed by atoms with Gasteiger partial charge in [0.05, 0.1) is 14.2 Å². The highest BCUT2D eigenvalue weighted by atomic mass is 16.5. The van der Waals surface area contributed by atoms with Crippen molar-refractivity contribution < 1.29 is 44.9 Å². The van der Waals surface area contributed by atoms with Gasteiger partial charge in [0.1, 0.15) is 17.3 Å². The van der Waals surface area contributed by atoms with Gasteiger partial charge >= 0.3 is 0 Å². The van der Waals surface area contributed by atoms with E-state index in [1.165, 1.54) is 24.3 Å². The number of carbonyl (C=O) groups excluding carboxylic acids is 1. The first-order valence-corrected chi connectivity index (χ1v) is 13.4. The Kier molecular flexibility index (Phi) is 9.32. The first-order chi connectivity index (χ1) is 20.2. The first-order valence-electron chi connectivity index (χ1n) is 13.4. The summed E-state index contributed by atoms with van der Waals surface area (Å²) in [6, 6.07) is 19.8. The van der Waals surface area contributed by atoms with Gasteiger partial charge in [0.25, 0.3) is 0 Å². The number of para-hydroxylation sites is 2. The van der Waals surface area contributed by atoms with Gasteiger partial charge in [-0.15, -0.1) is 0 Å². The second-order valence-electron chi connectivity index (χ2n) is 9.95. The van der Waals surface area contributed by atoms with E-state index in [1.807, 2.05) is 36.4 Å². The molecule has 42 heavy (non-hydrogen) atoms. The highest BCUT2D eigenvalue weighted by molar-refractivity contribution is 5.93. The number of hydrogen-bond acceptors (Lipinski definition) is 9. The van der Waals surface area contributed by atoms with Crippen LogP contribution in [0.1, 0.15) is 46.9 Å². The largest absolute Gasteiger partial charge is 0.504 e. The molecule has 0 amide bonds. The van der Waals surface area contributed by atoms with Crippen molar-refractivity contribution in [1.82, 2.24) is 0 Å². The molecular weight excluding hydrogens is 540 g/mol.